The van der Waals surface area contributed by atoms with E-state index in [1.807, 2.05) is 13.8 Å². The van der Waals surface area contributed by atoms with Crippen molar-refractivity contribution in [2.24, 2.45) is 23.2 Å². The van der Waals surface area contributed by atoms with Gasteiger partial charge in [-0.2, -0.15) is 0 Å². The van der Waals surface area contributed by atoms with Crippen molar-refractivity contribution in [1.82, 2.24) is 0 Å². The molecule has 0 amide bonds. The molecule has 0 radical (unpaired) electrons. The summed E-state index contributed by atoms with van der Waals surface area (Å²) in [5.41, 5.74) is 1.60. The molecule has 0 aliphatic heterocycles. The highest BCUT2D eigenvalue weighted by Gasteiger charge is 2.46. The first kappa shape index (κ1) is 17.8. The predicted octanol–water partition coefficient (Wildman–Crippen LogP) is 3.97. The predicted molar refractivity (Wildman–Crippen MR) is 88.8 cm³/mol. The Labute approximate surface area is 138 Å². The van der Waals surface area contributed by atoms with Gasteiger partial charge in [-0.25, -0.2) is 4.79 Å². The highest BCUT2D eigenvalue weighted by atomic mass is 16.5. The summed E-state index contributed by atoms with van der Waals surface area (Å²) in [6.07, 6.45) is 5.32. The van der Waals surface area contributed by atoms with E-state index in [4.69, 9.17) is 4.74 Å². The Morgan fingerprint density at radius 1 is 1.43 bits per heavy atom. The number of fused-ring (bicyclic) bond motifs is 1. The molecule has 0 aromatic rings. The third kappa shape index (κ3) is 3.67. The van der Waals surface area contributed by atoms with Crippen LogP contribution >= 0.6 is 0 Å². The molecule has 1 saturated carbocycles. The number of ether oxygens (including phenoxy) is 1. The van der Waals surface area contributed by atoms with Gasteiger partial charge in [0.05, 0.1) is 5.92 Å². The van der Waals surface area contributed by atoms with Crippen LogP contribution in [0.1, 0.15) is 53.4 Å². The van der Waals surface area contributed by atoms with Crippen LogP contribution in [0.25, 0.3) is 0 Å². The minimum absolute atomic E-state index is 0.0451. The van der Waals surface area contributed by atoms with Crippen molar-refractivity contribution in [3.05, 3.63) is 23.8 Å². The molecular formula is C19H28O4. The van der Waals surface area contributed by atoms with E-state index < -0.39 is 5.97 Å². The Morgan fingerprint density at radius 3 is 2.65 bits per heavy atom. The lowest BCUT2D eigenvalue weighted by Gasteiger charge is -2.49. The van der Waals surface area contributed by atoms with Gasteiger partial charge in [0.1, 0.15) is 6.10 Å². The quantitative estimate of drug-likeness (QED) is 0.483. The van der Waals surface area contributed by atoms with Crippen molar-refractivity contribution in [3.8, 4) is 0 Å². The summed E-state index contributed by atoms with van der Waals surface area (Å²) in [7, 11) is 0. The van der Waals surface area contributed by atoms with Gasteiger partial charge in [-0.3, -0.25) is 4.79 Å². The second-order valence-electron chi connectivity index (χ2n) is 7.75. The summed E-state index contributed by atoms with van der Waals surface area (Å²) < 4.78 is 5.62. The molecule has 2 aliphatic rings. The topological polar surface area (TPSA) is 63.6 Å². The van der Waals surface area contributed by atoms with Crippen LogP contribution < -0.4 is 0 Å². The molecule has 0 saturated heterocycles. The maximum atomic E-state index is 11.9. The number of carbonyl (C=O) groups is 2. The number of aliphatic carboxylic acids is 1. The van der Waals surface area contributed by atoms with Crippen LogP contribution in [0.2, 0.25) is 0 Å². The first-order chi connectivity index (χ1) is 10.6. The van der Waals surface area contributed by atoms with Gasteiger partial charge in [-0.1, -0.05) is 32.9 Å². The molecule has 0 spiro atoms. The summed E-state index contributed by atoms with van der Waals surface area (Å²) >= 11 is 0. The Bertz CT molecular complexity index is 546. The summed E-state index contributed by atoms with van der Waals surface area (Å²) in [6, 6.07) is 0. The zero-order valence-corrected chi connectivity index (χ0v) is 14.6. The van der Waals surface area contributed by atoms with Crippen molar-refractivity contribution < 1.29 is 19.4 Å². The van der Waals surface area contributed by atoms with Crippen molar-refractivity contribution in [1.29, 1.82) is 0 Å². The zero-order chi connectivity index (χ0) is 17.4. The molecule has 0 heterocycles. The molecule has 2 rings (SSSR count). The third-order valence-electron chi connectivity index (χ3n) is 5.60. The molecular weight excluding hydrogens is 292 g/mol. The number of esters is 1. The highest BCUT2D eigenvalue weighted by Crippen LogP contribution is 2.53. The van der Waals surface area contributed by atoms with Crippen molar-refractivity contribution in [3.63, 3.8) is 0 Å². The average molecular weight is 320 g/mol. The number of hydrogen-bond acceptors (Lipinski definition) is 3. The fourth-order valence-electron chi connectivity index (χ4n) is 4.12. The molecule has 128 valence electrons. The molecule has 1 fully saturated rings. The van der Waals surface area contributed by atoms with Crippen LogP contribution in [-0.4, -0.2) is 23.1 Å². The normalized spacial score (nSPS) is 33.6. The lowest BCUT2D eigenvalue weighted by molar-refractivity contribution is -0.153. The number of rotatable bonds is 4. The van der Waals surface area contributed by atoms with E-state index in [2.05, 4.69) is 26.5 Å². The summed E-state index contributed by atoms with van der Waals surface area (Å²) in [6.45, 7) is 11.7. The van der Waals surface area contributed by atoms with E-state index in [1.54, 1.807) is 0 Å². The number of hydrogen-bond donors (Lipinski definition) is 1. The molecule has 4 atom stereocenters. The lowest BCUT2D eigenvalue weighted by Crippen LogP contribution is -2.42. The summed E-state index contributed by atoms with van der Waals surface area (Å²) in [5.74, 6) is -0.785. The van der Waals surface area contributed by atoms with Gasteiger partial charge in [0.2, 0.25) is 0 Å². The molecule has 4 nitrogen and oxygen atoms in total. The van der Waals surface area contributed by atoms with Gasteiger partial charge in [0, 0.05) is 5.57 Å². The van der Waals surface area contributed by atoms with Gasteiger partial charge in [-0.15, -0.1) is 0 Å². The fourth-order valence-corrected chi connectivity index (χ4v) is 4.12. The molecule has 0 aromatic carbocycles. The van der Waals surface area contributed by atoms with E-state index in [0.717, 1.165) is 25.7 Å². The molecule has 0 aromatic heterocycles. The lowest BCUT2D eigenvalue weighted by atomic mass is 9.57. The van der Waals surface area contributed by atoms with Crippen molar-refractivity contribution in [2.45, 2.75) is 59.5 Å². The van der Waals surface area contributed by atoms with Crippen molar-refractivity contribution in [2.75, 3.05) is 0 Å². The van der Waals surface area contributed by atoms with Crippen LogP contribution in [0.3, 0.4) is 0 Å². The van der Waals surface area contributed by atoms with Gasteiger partial charge in [-0.05, 0) is 55.9 Å². The SMILES string of the molecule is C=C(C(=O)O)[C@@H]1CC[C@@]2(C)C[C@@H](OC(=O)C(C)C)C=C(C)[C@@H]2C1. The molecule has 2 aliphatic carbocycles. The number of carboxylic acids is 1. The number of carboxylic acid groups (broad SMARTS) is 1. The smallest absolute Gasteiger partial charge is 0.331 e. The largest absolute Gasteiger partial charge is 0.478 e. The molecule has 1 N–H and O–H groups in total. The molecule has 0 unspecified atom stereocenters. The second kappa shape index (κ2) is 6.50. The van der Waals surface area contributed by atoms with E-state index in [0.29, 0.717) is 11.5 Å². The number of carbonyl (C=O) groups excluding carboxylic acids is 1. The Balaban J connectivity index is 2.15. The van der Waals surface area contributed by atoms with Gasteiger partial charge < -0.3 is 9.84 Å². The standard InChI is InChI=1S/C19H28O4/c1-11(2)18(22)23-15-8-12(3)16-9-14(13(4)17(20)21)6-7-19(16,5)10-15/h8,11,14-16H,4,6-7,9-10H2,1-3,5H3,(H,20,21)/t14-,15+,16+,19+/m1/s1. The van der Waals surface area contributed by atoms with Gasteiger partial charge in [0.25, 0.3) is 0 Å². The Kier molecular flexibility index (Phi) is 5.02. The maximum absolute atomic E-state index is 11.9. The van der Waals surface area contributed by atoms with E-state index in [-0.39, 0.29) is 29.3 Å². The van der Waals surface area contributed by atoms with Crippen LogP contribution in [0.5, 0.6) is 0 Å². The van der Waals surface area contributed by atoms with Crippen LogP contribution in [-0.2, 0) is 14.3 Å². The Morgan fingerprint density at radius 2 is 2.09 bits per heavy atom. The average Bonchev–Trinajstić information content (AvgIpc) is 2.45. The first-order valence-electron chi connectivity index (χ1n) is 8.45. The minimum Gasteiger partial charge on any atom is -0.478 e. The minimum atomic E-state index is -0.889. The van der Waals surface area contributed by atoms with E-state index in [1.165, 1.54) is 5.57 Å². The van der Waals surface area contributed by atoms with Gasteiger partial charge >= 0.3 is 11.9 Å². The van der Waals surface area contributed by atoms with Crippen molar-refractivity contribution >= 4 is 11.9 Å². The zero-order valence-electron chi connectivity index (χ0n) is 14.6. The fraction of sp³-hybridized carbons (Fsp3) is 0.684. The first-order valence-corrected chi connectivity index (χ1v) is 8.45. The van der Waals surface area contributed by atoms with Crippen LogP contribution in [0.15, 0.2) is 23.8 Å². The van der Waals surface area contributed by atoms with Crippen LogP contribution in [0, 0.1) is 23.2 Å². The summed E-state index contributed by atoms with van der Waals surface area (Å²) in [5, 5.41) is 9.18. The monoisotopic (exact) mass is 320 g/mol. The Hall–Kier alpha value is -1.58. The number of allylic oxidation sites excluding steroid dienone is 1. The van der Waals surface area contributed by atoms with Gasteiger partial charge in [0.15, 0.2) is 0 Å². The second-order valence-corrected chi connectivity index (χ2v) is 7.75. The third-order valence-corrected chi connectivity index (χ3v) is 5.60. The molecule has 23 heavy (non-hydrogen) atoms. The summed E-state index contributed by atoms with van der Waals surface area (Å²) in [4.78, 5) is 23.1. The maximum Gasteiger partial charge on any atom is 0.331 e. The van der Waals surface area contributed by atoms with E-state index in [9.17, 15) is 14.7 Å². The molecule has 4 heteroatoms. The van der Waals surface area contributed by atoms with Crippen LogP contribution in [0.4, 0.5) is 0 Å². The van der Waals surface area contributed by atoms with E-state index >= 15 is 0 Å². The molecule has 0 bridgehead atoms. The highest BCUT2D eigenvalue weighted by molar-refractivity contribution is 5.86.